The van der Waals surface area contributed by atoms with Crippen molar-refractivity contribution in [2.45, 2.75) is 27.9 Å². The summed E-state index contributed by atoms with van der Waals surface area (Å²) in [6.45, 7) is 2.97. The third kappa shape index (κ3) is 2.32. The fourth-order valence-electron chi connectivity index (χ4n) is 1.32. The summed E-state index contributed by atoms with van der Waals surface area (Å²) in [5, 5.41) is -0.0755. The summed E-state index contributed by atoms with van der Waals surface area (Å²) in [5.74, 6) is 0. The minimum absolute atomic E-state index is 0.0154. The van der Waals surface area contributed by atoms with Gasteiger partial charge in [-0.1, -0.05) is 69.6 Å². The Morgan fingerprint density at radius 3 is 1.12 bits per heavy atom. The van der Waals surface area contributed by atoms with E-state index in [1.807, 2.05) is 0 Å². The lowest BCUT2D eigenvalue weighted by molar-refractivity contribution is 0.548. The highest BCUT2D eigenvalue weighted by Crippen LogP contribution is 2.61. The second-order valence-corrected chi connectivity index (χ2v) is 8.19. The van der Waals surface area contributed by atoms with Gasteiger partial charge in [-0.2, -0.15) is 0 Å². The summed E-state index contributed by atoms with van der Waals surface area (Å²) in [4.78, 5) is -2.88. The molecule has 0 amide bonds. The third-order valence-electron chi connectivity index (χ3n) is 2.58. The zero-order chi connectivity index (χ0) is 13.8. The van der Waals surface area contributed by atoms with Gasteiger partial charge in [0.1, 0.15) is 9.75 Å². The molecule has 0 aromatic carbocycles. The van der Waals surface area contributed by atoms with Crippen LogP contribution in [0.1, 0.15) is 13.8 Å². The van der Waals surface area contributed by atoms with Crippen molar-refractivity contribution in [2.75, 3.05) is 0 Å². The van der Waals surface area contributed by atoms with Gasteiger partial charge in [0, 0.05) is 0 Å². The molecule has 1 aliphatic carbocycles. The topological polar surface area (TPSA) is 0 Å². The Morgan fingerprint density at radius 1 is 0.647 bits per heavy atom. The second kappa shape index (κ2) is 4.97. The first-order chi connectivity index (χ1) is 7.39. The first-order valence-corrected chi connectivity index (χ1v) is 7.29. The molecular weight excluding hydrogens is 392 g/mol. The number of rotatable bonds is 0. The van der Waals surface area contributed by atoms with E-state index in [1.165, 1.54) is 13.8 Å². The molecule has 8 heteroatoms. The lowest BCUT2D eigenvalue weighted by Gasteiger charge is -2.42. The monoisotopic (exact) mass is 394 g/mol. The summed E-state index contributed by atoms with van der Waals surface area (Å²) < 4.78 is -1.71. The summed E-state index contributed by atoms with van der Waals surface area (Å²) in [5.41, 5.74) is 0. The van der Waals surface area contributed by atoms with Crippen molar-refractivity contribution in [3.63, 3.8) is 0 Å². The third-order valence-corrected chi connectivity index (χ3v) is 7.80. The van der Waals surface area contributed by atoms with Crippen LogP contribution in [0.3, 0.4) is 0 Å². The maximum absolute atomic E-state index is 6.26. The van der Waals surface area contributed by atoms with Crippen LogP contribution in [0.4, 0.5) is 0 Å². The van der Waals surface area contributed by atoms with Crippen LogP contribution >= 0.6 is 92.8 Å². The Kier molecular flexibility index (Phi) is 4.93. The number of alkyl halides is 4. The highest BCUT2D eigenvalue weighted by Gasteiger charge is 2.62. The Bertz CT molecular complexity index is 377. The van der Waals surface area contributed by atoms with Crippen LogP contribution in [0, 0.1) is 0 Å². The average molecular weight is 398 g/mol. The molecular formula is C9H6Cl8. The van der Waals surface area contributed by atoms with E-state index in [1.54, 1.807) is 0 Å². The normalized spacial score (nSPS) is 38.5. The number of allylic oxidation sites excluding steroid dienone is 4. The zero-order valence-electron chi connectivity index (χ0n) is 8.52. The molecule has 0 aromatic rings. The molecule has 17 heavy (non-hydrogen) atoms. The smallest absolute Gasteiger partial charge is 0.110 e. The van der Waals surface area contributed by atoms with Crippen LogP contribution < -0.4 is 0 Å². The van der Waals surface area contributed by atoms with Crippen LogP contribution in [-0.2, 0) is 0 Å². The van der Waals surface area contributed by atoms with Crippen LogP contribution in [0.5, 0.6) is 0 Å². The summed E-state index contributed by atoms with van der Waals surface area (Å²) in [6.07, 6.45) is 0. The standard InChI is InChI=1S/C9H6Cl8/c1-7(14)5(12)3(10)4(11)6(13)8(2,15)9(7,16)17/h1-2H3. The van der Waals surface area contributed by atoms with Gasteiger partial charge in [-0.05, 0) is 13.8 Å². The first kappa shape index (κ1) is 16.9. The minimum atomic E-state index is -1.71. The SMILES string of the molecule is CC1(Cl)C(Cl)=C(Cl)C(Cl)=C(Cl)C(C)(Cl)C1(Cl)Cl. The number of hydrogen-bond acceptors (Lipinski definition) is 0. The summed E-state index contributed by atoms with van der Waals surface area (Å²) in [6, 6.07) is 0. The van der Waals surface area contributed by atoms with Crippen LogP contribution in [0.2, 0.25) is 0 Å². The molecule has 0 nitrogen and oxygen atoms in total. The Hall–Kier alpha value is 1.80. The fourth-order valence-corrected chi connectivity index (χ4v) is 3.74. The zero-order valence-corrected chi connectivity index (χ0v) is 14.6. The molecule has 0 saturated heterocycles. The molecule has 2 atom stereocenters. The first-order valence-electron chi connectivity index (χ1n) is 4.26. The number of hydrogen-bond donors (Lipinski definition) is 0. The Labute approximate surface area is 140 Å². The highest BCUT2D eigenvalue weighted by molar-refractivity contribution is 6.64. The van der Waals surface area contributed by atoms with Crippen LogP contribution in [0.15, 0.2) is 20.1 Å². The van der Waals surface area contributed by atoms with Crippen molar-refractivity contribution in [1.82, 2.24) is 0 Å². The molecule has 98 valence electrons. The molecule has 0 spiro atoms. The van der Waals surface area contributed by atoms with E-state index in [0.29, 0.717) is 0 Å². The van der Waals surface area contributed by atoms with E-state index >= 15 is 0 Å². The van der Waals surface area contributed by atoms with E-state index in [2.05, 4.69) is 0 Å². The predicted octanol–water partition coefficient (Wildman–Crippen LogP) is 6.55. The molecule has 0 saturated carbocycles. The Morgan fingerprint density at radius 2 is 0.882 bits per heavy atom. The fraction of sp³-hybridized carbons (Fsp3) is 0.556. The minimum Gasteiger partial charge on any atom is -0.110 e. The number of halogens is 8. The van der Waals surface area contributed by atoms with Crippen LogP contribution in [0.25, 0.3) is 0 Å². The maximum atomic E-state index is 6.26. The molecule has 1 aliphatic rings. The van der Waals surface area contributed by atoms with Crippen molar-refractivity contribution in [3.05, 3.63) is 20.1 Å². The predicted molar refractivity (Wildman–Crippen MR) is 80.4 cm³/mol. The van der Waals surface area contributed by atoms with Crippen molar-refractivity contribution in [3.8, 4) is 0 Å². The van der Waals surface area contributed by atoms with Gasteiger partial charge in [0.05, 0.1) is 20.1 Å². The molecule has 0 aliphatic heterocycles. The Balaban J connectivity index is 3.71. The van der Waals surface area contributed by atoms with Gasteiger partial charge in [-0.25, -0.2) is 0 Å². The second-order valence-electron chi connectivity index (χ2n) is 3.84. The van der Waals surface area contributed by atoms with E-state index in [-0.39, 0.29) is 20.1 Å². The molecule has 0 aromatic heterocycles. The molecule has 0 radical (unpaired) electrons. The molecule has 0 bridgehead atoms. The summed E-state index contributed by atoms with van der Waals surface area (Å²) >= 11 is 49.0. The highest BCUT2D eigenvalue weighted by atomic mass is 35.5. The molecule has 1 rings (SSSR count). The maximum Gasteiger partial charge on any atom is 0.165 e. The van der Waals surface area contributed by atoms with Gasteiger partial charge in [0.25, 0.3) is 0 Å². The van der Waals surface area contributed by atoms with Gasteiger partial charge in [0.2, 0.25) is 0 Å². The molecule has 0 N–H and O–H groups in total. The van der Waals surface area contributed by atoms with Crippen LogP contribution in [-0.4, -0.2) is 14.1 Å². The van der Waals surface area contributed by atoms with Crippen molar-refractivity contribution in [2.24, 2.45) is 0 Å². The lowest BCUT2D eigenvalue weighted by atomic mass is 9.95. The van der Waals surface area contributed by atoms with E-state index < -0.39 is 14.1 Å². The van der Waals surface area contributed by atoms with Gasteiger partial charge in [-0.15, -0.1) is 23.2 Å². The molecule has 0 fully saturated rings. The van der Waals surface area contributed by atoms with Gasteiger partial charge in [0.15, 0.2) is 4.33 Å². The summed E-state index contributed by atoms with van der Waals surface area (Å²) in [7, 11) is 0. The quantitative estimate of drug-likeness (QED) is 0.407. The van der Waals surface area contributed by atoms with Gasteiger partial charge in [-0.3, -0.25) is 0 Å². The van der Waals surface area contributed by atoms with E-state index in [4.69, 9.17) is 92.8 Å². The largest absolute Gasteiger partial charge is 0.165 e. The van der Waals surface area contributed by atoms with Gasteiger partial charge >= 0.3 is 0 Å². The lowest BCUT2D eigenvalue weighted by Crippen LogP contribution is -2.52. The molecule has 0 heterocycles. The van der Waals surface area contributed by atoms with E-state index in [9.17, 15) is 0 Å². The van der Waals surface area contributed by atoms with Crippen molar-refractivity contribution in [1.29, 1.82) is 0 Å². The van der Waals surface area contributed by atoms with E-state index in [0.717, 1.165) is 0 Å². The van der Waals surface area contributed by atoms with Gasteiger partial charge < -0.3 is 0 Å². The molecule has 2 unspecified atom stereocenters. The van der Waals surface area contributed by atoms with Crippen molar-refractivity contribution < 1.29 is 0 Å². The average Bonchev–Trinajstić information content (AvgIpc) is 2.24. The van der Waals surface area contributed by atoms with Crippen molar-refractivity contribution >= 4 is 92.8 Å².